The molecule has 100 valence electrons. The first kappa shape index (κ1) is 13.3. The van der Waals surface area contributed by atoms with Crippen LogP contribution in [0.5, 0.6) is 0 Å². The van der Waals surface area contributed by atoms with Gasteiger partial charge in [0.1, 0.15) is 0 Å². The second kappa shape index (κ2) is 5.78. The summed E-state index contributed by atoms with van der Waals surface area (Å²) in [5.41, 5.74) is 4.41. The summed E-state index contributed by atoms with van der Waals surface area (Å²) in [6.07, 6.45) is 3.51. The van der Waals surface area contributed by atoms with Gasteiger partial charge in [-0.25, -0.2) is 0 Å². The Bertz CT molecular complexity index is 550. The van der Waals surface area contributed by atoms with Crippen LogP contribution in [0, 0.1) is 0 Å². The standard InChI is InChI=1S/C16H18BrNS/c1-11(9-12-7-8-19-10-12)18-16-6-5-13-14(16)3-2-4-15(13)17/h2-4,7-8,10-11,16,18H,5-6,9H2,1H3. The van der Waals surface area contributed by atoms with Gasteiger partial charge in [0.05, 0.1) is 0 Å². The van der Waals surface area contributed by atoms with Crippen molar-refractivity contribution in [3.05, 3.63) is 56.2 Å². The predicted octanol–water partition coefficient (Wildman–Crippen LogP) is 4.72. The van der Waals surface area contributed by atoms with E-state index in [0.717, 1.165) is 6.42 Å². The Hall–Kier alpha value is -0.640. The molecule has 1 aromatic heterocycles. The SMILES string of the molecule is CC(Cc1ccsc1)NC1CCc2c(Br)cccc21. The molecule has 1 heterocycles. The minimum absolute atomic E-state index is 0.515. The fourth-order valence-corrected chi connectivity index (χ4v) is 4.21. The maximum absolute atomic E-state index is 3.78. The second-order valence-electron chi connectivity index (χ2n) is 5.30. The molecule has 1 nitrogen and oxygen atoms in total. The fourth-order valence-electron chi connectivity index (χ4n) is 2.95. The summed E-state index contributed by atoms with van der Waals surface area (Å²) in [6, 6.07) is 9.82. The number of nitrogens with one attached hydrogen (secondary N) is 1. The number of rotatable bonds is 4. The van der Waals surface area contributed by atoms with Gasteiger partial charge in [-0.2, -0.15) is 11.3 Å². The van der Waals surface area contributed by atoms with E-state index in [4.69, 9.17) is 0 Å². The molecule has 0 saturated carbocycles. The van der Waals surface area contributed by atoms with Gasteiger partial charge in [0.2, 0.25) is 0 Å². The van der Waals surface area contributed by atoms with Crippen molar-refractivity contribution in [3.63, 3.8) is 0 Å². The van der Waals surface area contributed by atoms with Crippen molar-refractivity contribution in [1.82, 2.24) is 5.32 Å². The first-order chi connectivity index (χ1) is 9.24. The van der Waals surface area contributed by atoms with E-state index >= 15 is 0 Å². The van der Waals surface area contributed by atoms with E-state index in [-0.39, 0.29) is 0 Å². The number of hydrogen-bond acceptors (Lipinski definition) is 2. The largest absolute Gasteiger partial charge is 0.307 e. The van der Waals surface area contributed by atoms with Crippen molar-refractivity contribution < 1.29 is 0 Å². The van der Waals surface area contributed by atoms with E-state index in [0.29, 0.717) is 12.1 Å². The molecular weight excluding hydrogens is 318 g/mol. The van der Waals surface area contributed by atoms with Crippen molar-refractivity contribution in [2.45, 2.75) is 38.3 Å². The molecule has 1 aromatic carbocycles. The molecule has 19 heavy (non-hydrogen) atoms. The highest BCUT2D eigenvalue weighted by Crippen LogP contribution is 2.35. The highest BCUT2D eigenvalue weighted by molar-refractivity contribution is 9.10. The smallest absolute Gasteiger partial charge is 0.0328 e. The summed E-state index contributed by atoms with van der Waals surface area (Å²) in [6.45, 7) is 2.29. The molecule has 3 heteroatoms. The molecule has 0 spiro atoms. The molecule has 2 unspecified atom stereocenters. The topological polar surface area (TPSA) is 12.0 Å². The summed E-state index contributed by atoms with van der Waals surface area (Å²) < 4.78 is 1.26. The number of thiophene rings is 1. The Morgan fingerprint density at radius 3 is 3.11 bits per heavy atom. The van der Waals surface area contributed by atoms with E-state index in [1.54, 1.807) is 11.3 Å². The van der Waals surface area contributed by atoms with Crippen molar-refractivity contribution in [2.75, 3.05) is 0 Å². The molecule has 0 fully saturated rings. The molecule has 2 atom stereocenters. The van der Waals surface area contributed by atoms with Gasteiger partial charge in [-0.1, -0.05) is 28.1 Å². The van der Waals surface area contributed by atoms with Crippen molar-refractivity contribution in [1.29, 1.82) is 0 Å². The minimum atomic E-state index is 0.515. The normalized spacial score (nSPS) is 19.4. The van der Waals surface area contributed by atoms with Crippen LogP contribution in [0.4, 0.5) is 0 Å². The van der Waals surface area contributed by atoms with Gasteiger partial charge in [0.25, 0.3) is 0 Å². The first-order valence-electron chi connectivity index (χ1n) is 6.78. The molecule has 3 rings (SSSR count). The summed E-state index contributed by atoms with van der Waals surface area (Å²) >= 11 is 5.44. The third-order valence-electron chi connectivity index (χ3n) is 3.82. The summed E-state index contributed by atoms with van der Waals surface area (Å²) in [5.74, 6) is 0. The zero-order valence-electron chi connectivity index (χ0n) is 11.0. The summed E-state index contributed by atoms with van der Waals surface area (Å²) in [5, 5.41) is 8.19. The molecule has 2 aromatic rings. The van der Waals surface area contributed by atoms with Gasteiger partial charge >= 0.3 is 0 Å². The lowest BCUT2D eigenvalue weighted by Gasteiger charge is -2.20. The third-order valence-corrected chi connectivity index (χ3v) is 5.30. The van der Waals surface area contributed by atoms with E-state index in [1.165, 1.54) is 34.0 Å². The second-order valence-corrected chi connectivity index (χ2v) is 6.94. The molecule has 1 aliphatic carbocycles. The Labute approximate surface area is 127 Å². The molecule has 0 radical (unpaired) electrons. The summed E-state index contributed by atoms with van der Waals surface area (Å²) in [4.78, 5) is 0. The lowest BCUT2D eigenvalue weighted by atomic mass is 10.1. The summed E-state index contributed by atoms with van der Waals surface area (Å²) in [7, 11) is 0. The number of hydrogen-bond donors (Lipinski definition) is 1. The maximum atomic E-state index is 3.78. The van der Waals surface area contributed by atoms with Gasteiger partial charge in [0, 0.05) is 16.6 Å². The third kappa shape index (κ3) is 2.93. The fraction of sp³-hybridized carbons (Fsp3) is 0.375. The molecule has 1 N–H and O–H groups in total. The molecule has 1 aliphatic rings. The molecule has 0 saturated heterocycles. The monoisotopic (exact) mass is 335 g/mol. The Morgan fingerprint density at radius 2 is 2.32 bits per heavy atom. The van der Waals surface area contributed by atoms with Crippen LogP contribution in [0.2, 0.25) is 0 Å². The zero-order chi connectivity index (χ0) is 13.2. The molecular formula is C16H18BrNS. The van der Waals surface area contributed by atoms with Gasteiger partial charge < -0.3 is 5.32 Å². The van der Waals surface area contributed by atoms with Crippen molar-refractivity contribution in [2.24, 2.45) is 0 Å². The molecule has 0 aliphatic heterocycles. The van der Waals surface area contributed by atoms with Crippen molar-refractivity contribution in [3.8, 4) is 0 Å². The van der Waals surface area contributed by atoms with Crippen LogP contribution >= 0.6 is 27.3 Å². The van der Waals surface area contributed by atoms with Gasteiger partial charge in [-0.3, -0.25) is 0 Å². The Kier molecular flexibility index (Phi) is 4.06. The lowest BCUT2D eigenvalue weighted by molar-refractivity contribution is 0.451. The van der Waals surface area contributed by atoms with E-state index in [1.807, 2.05) is 0 Å². The van der Waals surface area contributed by atoms with Crippen LogP contribution in [0.15, 0.2) is 39.5 Å². The average molecular weight is 336 g/mol. The highest BCUT2D eigenvalue weighted by atomic mass is 79.9. The number of fused-ring (bicyclic) bond motifs is 1. The number of halogens is 1. The van der Waals surface area contributed by atoms with E-state index in [2.05, 4.69) is 63.2 Å². The first-order valence-corrected chi connectivity index (χ1v) is 8.52. The Balaban J connectivity index is 1.68. The van der Waals surface area contributed by atoms with Gasteiger partial charge in [-0.15, -0.1) is 0 Å². The molecule has 0 bridgehead atoms. The van der Waals surface area contributed by atoms with Crippen LogP contribution < -0.4 is 5.32 Å². The van der Waals surface area contributed by atoms with Crippen LogP contribution in [0.1, 0.15) is 36.1 Å². The maximum Gasteiger partial charge on any atom is 0.0328 e. The average Bonchev–Trinajstić information content (AvgIpc) is 3.01. The Morgan fingerprint density at radius 1 is 1.42 bits per heavy atom. The van der Waals surface area contributed by atoms with E-state index < -0.39 is 0 Å². The van der Waals surface area contributed by atoms with Gasteiger partial charge in [-0.05, 0) is 65.8 Å². The minimum Gasteiger partial charge on any atom is -0.307 e. The quantitative estimate of drug-likeness (QED) is 0.852. The van der Waals surface area contributed by atoms with Crippen LogP contribution in [0.25, 0.3) is 0 Å². The van der Waals surface area contributed by atoms with Crippen LogP contribution in [-0.2, 0) is 12.8 Å². The van der Waals surface area contributed by atoms with Crippen LogP contribution in [-0.4, -0.2) is 6.04 Å². The predicted molar refractivity (Wildman–Crippen MR) is 85.8 cm³/mol. The van der Waals surface area contributed by atoms with Gasteiger partial charge in [0.15, 0.2) is 0 Å². The van der Waals surface area contributed by atoms with Crippen molar-refractivity contribution >= 4 is 27.3 Å². The van der Waals surface area contributed by atoms with Crippen LogP contribution in [0.3, 0.4) is 0 Å². The van der Waals surface area contributed by atoms with E-state index in [9.17, 15) is 0 Å². The lowest BCUT2D eigenvalue weighted by Crippen LogP contribution is -2.31. The zero-order valence-corrected chi connectivity index (χ0v) is 13.4. The number of benzene rings is 1. The molecule has 0 amide bonds. The highest BCUT2D eigenvalue weighted by Gasteiger charge is 2.24.